The van der Waals surface area contributed by atoms with Gasteiger partial charge in [0.2, 0.25) is 5.95 Å². The first-order chi connectivity index (χ1) is 9.60. The van der Waals surface area contributed by atoms with E-state index in [1.54, 1.807) is 10.8 Å². The summed E-state index contributed by atoms with van der Waals surface area (Å²) in [5.41, 5.74) is 8.68. The number of fused-ring (bicyclic) bond motifs is 1. The van der Waals surface area contributed by atoms with Crippen molar-refractivity contribution in [3.63, 3.8) is 0 Å². The highest BCUT2D eigenvalue weighted by Gasteiger charge is 2.15. The topological polar surface area (TPSA) is 80.5 Å². The summed E-state index contributed by atoms with van der Waals surface area (Å²) in [7, 11) is 0. The van der Waals surface area contributed by atoms with Gasteiger partial charge in [-0.3, -0.25) is 4.57 Å². The largest absolute Gasteiger partial charge is 0.369 e. The van der Waals surface area contributed by atoms with E-state index in [1.807, 2.05) is 19.1 Å². The number of pyridine rings is 1. The molecule has 20 heavy (non-hydrogen) atoms. The Morgan fingerprint density at radius 1 is 1.35 bits per heavy atom. The second kappa shape index (κ2) is 4.31. The molecule has 0 aliphatic heterocycles. The van der Waals surface area contributed by atoms with Crippen LogP contribution < -0.4 is 5.73 Å². The number of aryl methyl sites for hydroxylation is 1. The van der Waals surface area contributed by atoms with E-state index in [2.05, 4.69) is 9.97 Å². The molecule has 2 N–H and O–H groups in total. The summed E-state index contributed by atoms with van der Waals surface area (Å²) in [5, 5.41) is 9.14. The van der Waals surface area contributed by atoms with Gasteiger partial charge in [-0.1, -0.05) is 0 Å². The molecule has 5 nitrogen and oxygen atoms in total. The molecule has 0 atom stereocenters. The normalized spacial score (nSPS) is 10.7. The predicted molar refractivity (Wildman–Crippen MR) is 72.7 cm³/mol. The molecule has 0 spiro atoms. The Morgan fingerprint density at radius 3 is 2.90 bits per heavy atom. The molecule has 0 saturated carbocycles. The molecule has 3 aromatic rings. The maximum atomic E-state index is 13.2. The maximum absolute atomic E-state index is 13.2. The van der Waals surface area contributed by atoms with E-state index in [9.17, 15) is 4.39 Å². The monoisotopic (exact) mass is 267 g/mol. The van der Waals surface area contributed by atoms with Crippen LogP contribution in [0.3, 0.4) is 0 Å². The number of nitriles is 1. The van der Waals surface area contributed by atoms with E-state index in [0.717, 1.165) is 11.6 Å². The van der Waals surface area contributed by atoms with Crippen molar-refractivity contribution in [1.82, 2.24) is 14.5 Å². The Balaban J connectivity index is 2.35. The van der Waals surface area contributed by atoms with Crippen molar-refractivity contribution in [3.8, 4) is 11.8 Å². The van der Waals surface area contributed by atoms with Crippen LogP contribution in [0, 0.1) is 24.1 Å². The summed E-state index contributed by atoms with van der Waals surface area (Å²) < 4.78 is 14.8. The number of nitrogens with two attached hydrogens (primary N) is 1. The van der Waals surface area contributed by atoms with Crippen LogP contribution in [0.2, 0.25) is 0 Å². The summed E-state index contributed by atoms with van der Waals surface area (Å²) in [6.45, 7) is 1.90. The van der Waals surface area contributed by atoms with Crippen molar-refractivity contribution in [2.75, 3.05) is 5.73 Å². The molecule has 0 fully saturated rings. The van der Waals surface area contributed by atoms with Crippen LogP contribution in [-0.4, -0.2) is 14.5 Å². The molecule has 3 rings (SSSR count). The van der Waals surface area contributed by atoms with Crippen LogP contribution in [0.25, 0.3) is 16.9 Å². The van der Waals surface area contributed by atoms with E-state index in [4.69, 9.17) is 11.0 Å². The second-order valence-electron chi connectivity index (χ2n) is 4.43. The molecular formula is C14H10FN5. The summed E-state index contributed by atoms with van der Waals surface area (Å²) in [5.74, 6) is -0.265. The first-order valence-corrected chi connectivity index (χ1v) is 5.91. The van der Waals surface area contributed by atoms with E-state index in [0.29, 0.717) is 16.9 Å². The minimum absolute atomic E-state index is 0.179. The smallest absolute Gasteiger partial charge is 0.207 e. The summed E-state index contributed by atoms with van der Waals surface area (Å²) in [4.78, 5) is 8.52. The summed E-state index contributed by atoms with van der Waals surface area (Å²) in [6, 6.07) is 7.74. The van der Waals surface area contributed by atoms with Crippen molar-refractivity contribution in [3.05, 3.63) is 47.4 Å². The maximum Gasteiger partial charge on any atom is 0.207 e. The van der Waals surface area contributed by atoms with E-state index >= 15 is 0 Å². The van der Waals surface area contributed by atoms with Crippen molar-refractivity contribution in [2.45, 2.75) is 6.92 Å². The number of nitrogens with zero attached hydrogens (tertiary/aromatic N) is 4. The van der Waals surface area contributed by atoms with Gasteiger partial charge in [-0.2, -0.15) is 5.26 Å². The Hall–Kier alpha value is -2.94. The molecule has 0 aliphatic rings. The van der Waals surface area contributed by atoms with E-state index < -0.39 is 5.82 Å². The number of benzene rings is 1. The minimum Gasteiger partial charge on any atom is -0.369 e. The molecule has 1 aromatic carbocycles. The van der Waals surface area contributed by atoms with Crippen molar-refractivity contribution in [2.24, 2.45) is 0 Å². The SMILES string of the molecule is Cc1cnc2c(c1)nc(N)n2-c1ccc(F)cc1C#N. The molecule has 0 aliphatic carbocycles. The molecule has 2 heterocycles. The standard InChI is InChI=1S/C14H10FN5/c1-8-4-11-13(18-7-8)20(14(17)19-11)12-3-2-10(15)5-9(12)6-16/h2-5,7H,1H3,(H2,17,19). The molecule has 0 radical (unpaired) electrons. The summed E-state index contributed by atoms with van der Waals surface area (Å²) >= 11 is 0. The molecule has 0 saturated heterocycles. The van der Waals surface area contributed by atoms with Gasteiger partial charge in [0.25, 0.3) is 0 Å². The first kappa shape index (κ1) is 12.1. The Bertz CT molecular complexity index is 860. The van der Waals surface area contributed by atoms with Crippen LogP contribution in [0.4, 0.5) is 10.3 Å². The number of aromatic nitrogens is 3. The van der Waals surface area contributed by atoms with Crippen LogP contribution in [0.5, 0.6) is 0 Å². The van der Waals surface area contributed by atoms with Crippen LogP contribution in [0.1, 0.15) is 11.1 Å². The fraction of sp³-hybridized carbons (Fsp3) is 0.0714. The lowest BCUT2D eigenvalue weighted by molar-refractivity contribution is 0.627. The molecule has 6 heteroatoms. The summed E-state index contributed by atoms with van der Waals surface area (Å²) in [6.07, 6.45) is 1.69. The van der Waals surface area contributed by atoms with Gasteiger partial charge in [-0.25, -0.2) is 14.4 Å². The third kappa shape index (κ3) is 1.77. The predicted octanol–water partition coefficient (Wildman–Crippen LogP) is 2.32. The molecule has 0 unspecified atom stereocenters. The molecular weight excluding hydrogens is 257 g/mol. The highest BCUT2D eigenvalue weighted by Crippen LogP contribution is 2.24. The van der Waals surface area contributed by atoms with Crippen LogP contribution in [0.15, 0.2) is 30.5 Å². The fourth-order valence-electron chi connectivity index (χ4n) is 2.11. The zero-order chi connectivity index (χ0) is 14.3. The minimum atomic E-state index is -0.475. The number of rotatable bonds is 1. The second-order valence-corrected chi connectivity index (χ2v) is 4.43. The van der Waals surface area contributed by atoms with Gasteiger partial charge in [0, 0.05) is 6.20 Å². The lowest BCUT2D eigenvalue weighted by Crippen LogP contribution is -2.04. The van der Waals surface area contributed by atoms with Gasteiger partial charge in [-0.15, -0.1) is 0 Å². The van der Waals surface area contributed by atoms with Crippen LogP contribution in [-0.2, 0) is 0 Å². The molecule has 0 bridgehead atoms. The molecule has 0 amide bonds. The number of halogens is 1. The number of imidazole rings is 1. The Kier molecular flexibility index (Phi) is 2.61. The molecule has 98 valence electrons. The van der Waals surface area contributed by atoms with Crippen molar-refractivity contribution in [1.29, 1.82) is 5.26 Å². The number of anilines is 1. The van der Waals surface area contributed by atoms with Gasteiger partial charge >= 0.3 is 0 Å². The van der Waals surface area contributed by atoms with Gasteiger partial charge in [0.15, 0.2) is 5.65 Å². The number of hydrogen-bond acceptors (Lipinski definition) is 4. The van der Waals surface area contributed by atoms with E-state index in [1.165, 1.54) is 12.1 Å². The number of hydrogen-bond donors (Lipinski definition) is 1. The average Bonchev–Trinajstić information content (AvgIpc) is 2.73. The van der Waals surface area contributed by atoms with Crippen molar-refractivity contribution >= 4 is 17.1 Å². The van der Waals surface area contributed by atoms with Gasteiger partial charge in [0.05, 0.1) is 11.3 Å². The Morgan fingerprint density at radius 2 is 2.15 bits per heavy atom. The molecule has 2 aromatic heterocycles. The zero-order valence-corrected chi connectivity index (χ0v) is 10.6. The fourth-order valence-corrected chi connectivity index (χ4v) is 2.11. The average molecular weight is 267 g/mol. The zero-order valence-electron chi connectivity index (χ0n) is 10.6. The first-order valence-electron chi connectivity index (χ1n) is 5.91. The van der Waals surface area contributed by atoms with E-state index in [-0.39, 0.29) is 11.5 Å². The lowest BCUT2D eigenvalue weighted by Gasteiger charge is -2.07. The highest BCUT2D eigenvalue weighted by molar-refractivity contribution is 5.78. The number of nitrogen functional groups attached to an aromatic ring is 1. The Labute approximate surface area is 114 Å². The van der Waals surface area contributed by atoms with Gasteiger partial charge < -0.3 is 5.73 Å². The quantitative estimate of drug-likeness (QED) is 0.733. The lowest BCUT2D eigenvalue weighted by atomic mass is 10.2. The highest BCUT2D eigenvalue weighted by atomic mass is 19.1. The van der Waals surface area contributed by atoms with Crippen LogP contribution >= 0.6 is 0 Å². The third-order valence-corrected chi connectivity index (χ3v) is 2.98. The van der Waals surface area contributed by atoms with Crippen molar-refractivity contribution < 1.29 is 4.39 Å². The van der Waals surface area contributed by atoms with Gasteiger partial charge in [0.1, 0.15) is 17.4 Å². The third-order valence-electron chi connectivity index (χ3n) is 2.98. The van der Waals surface area contributed by atoms with Gasteiger partial charge in [-0.05, 0) is 36.8 Å².